The van der Waals surface area contributed by atoms with Gasteiger partial charge in [-0.15, -0.1) is 0 Å². The molecule has 0 aliphatic heterocycles. The average Bonchev–Trinajstić information content (AvgIpc) is 2.50. The molecule has 0 atom stereocenters. The molecule has 8 heteroatoms. The van der Waals surface area contributed by atoms with Crippen LogP contribution in [0.5, 0.6) is 0 Å². The normalized spacial score (nSPS) is 12.6. The molecule has 0 aromatic heterocycles. The standard InChI is InChI=1S/C17H26F4N4/c1-4-22-16(23-10-5-11-24(2)13-17(19,20)21)25(3)12-14-6-8-15(18)9-7-14/h6-9H,4-5,10-13H2,1-3H3,(H,22,23). The fourth-order valence-corrected chi connectivity index (χ4v) is 2.32. The van der Waals surface area contributed by atoms with Gasteiger partial charge in [0.2, 0.25) is 0 Å². The Kier molecular flexibility index (Phi) is 8.68. The van der Waals surface area contributed by atoms with Gasteiger partial charge in [-0.2, -0.15) is 13.2 Å². The number of hydrogen-bond donors (Lipinski definition) is 1. The van der Waals surface area contributed by atoms with E-state index in [1.165, 1.54) is 24.1 Å². The summed E-state index contributed by atoms with van der Waals surface area (Å²) in [4.78, 5) is 7.58. The predicted octanol–water partition coefficient (Wildman–Crippen LogP) is 3.11. The summed E-state index contributed by atoms with van der Waals surface area (Å²) in [6.07, 6.45) is -3.64. The van der Waals surface area contributed by atoms with Crippen molar-refractivity contribution in [2.24, 2.45) is 4.99 Å². The van der Waals surface area contributed by atoms with E-state index in [1.54, 1.807) is 12.1 Å². The number of guanidine groups is 1. The van der Waals surface area contributed by atoms with Gasteiger partial charge in [-0.1, -0.05) is 12.1 Å². The van der Waals surface area contributed by atoms with Crippen molar-refractivity contribution in [1.29, 1.82) is 0 Å². The molecule has 0 radical (unpaired) electrons. The van der Waals surface area contributed by atoms with Gasteiger partial charge in [0.05, 0.1) is 6.54 Å². The van der Waals surface area contributed by atoms with Gasteiger partial charge in [0.15, 0.2) is 5.96 Å². The van der Waals surface area contributed by atoms with Crippen LogP contribution in [-0.4, -0.2) is 62.2 Å². The SMILES string of the molecule is CCNC(=NCCCN(C)CC(F)(F)F)N(C)Cc1ccc(F)cc1. The van der Waals surface area contributed by atoms with Gasteiger partial charge >= 0.3 is 6.18 Å². The van der Waals surface area contributed by atoms with E-state index >= 15 is 0 Å². The maximum absolute atomic E-state index is 13.0. The van der Waals surface area contributed by atoms with Crippen LogP contribution in [0, 0.1) is 5.82 Å². The van der Waals surface area contributed by atoms with E-state index in [0.717, 1.165) is 5.56 Å². The van der Waals surface area contributed by atoms with Gasteiger partial charge in [0, 0.05) is 26.7 Å². The molecule has 0 amide bonds. The maximum atomic E-state index is 13.0. The Morgan fingerprint density at radius 2 is 1.80 bits per heavy atom. The fraction of sp³-hybridized carbons (Fsp3) is 0.588. The summed E-state index contributed by atoms with van der Waals surface area (Å²) in [7, 11) is 3.31. The van der Waals surface area contributed by atoms with E-state index in [0.29, 0.717) is 38.6 Å². The maximum Gasteiger partial charge on any atom is 0.401 e. The molecule has 1 rings (SSSR count). The van der Waals surface area contributed by atoms with Gasteiger partial charge in [-0.3, -0.25) is 9.89 Å². The van der Waals surface area contributed by atoms with Crippen molar-refractivity contribution in [3.63, 3.8) is 0 Å². The third-order valence-corrected chi connectivity index (χ3v) is 3.44. The van der Waals surface area contributed by atoms with E-state index in [-0.39, 0.29) is 5.82 Å². The highest BCUT2D eigenvalue weighted by atomic mass is 19.4. The second-order valence-electron chi connectivity index (χ2n) is 5.92. The Hall–Kier alpha value is -1.83. The number of alkyl halides is 3. The molecule has 0 fully saturated rings. The minimum absolute atomic E-state index is 0.282. The van der Waals surface area contributed by atoms with Crippen molar-refractivity contribution in [3.8, 4) is 0 Å². The summed E-state index contributed by atoms with van der Waals surface area (Å²) in [6.45, 7) is 3.02. The highest BCUT2D eigenvalue weighted by molar-refractivity contribution is 5.79. The smallest absolute Gasteiger partial charge is 0.357 e. The van der Waals surface area contributed by atoms with Crippen LogP contribution in [0.25, 0.3) is 0 Å². The van der Waals surface area contributed by atoms with E-state index < -0.39 is 12.7 Å². The van der Waals surface area contributed by atoms with Crippen molar-refractivity contribution < 1.29 is 17.6 Å². The fourth-order valence-electron chi connectivity index (χ4n) is 2.32. The molecule has 1 N–H and O–H groups in total. The van der Waals surface area contributed by atoms with Gasteiger partial charge in [-0.25, -0.2) is 4.39 Å². The summed E-state index contributed by atoms with van der Waals surface area (Å²) in [5, 5.41) is 3.15. The zero-order chi connectivity index (χ0) is 18.9. The lowest BCUT2D eigenvalue weighted by Crippen LogP contribution is -2.38. The lowest BCUT2D eigenvalue weighted by molar-refractivity contribution is -0.143. The lowest BCUT2D eigenvalue weighted by Gasteiger charge is -2.22. The van der Waals surface area contributed by atoms with E-state index in [1.807, 2.05) is 18.9 Å². The molecule has 0 aliphatic carbocycles. The molecule has 0 saturated heterocycles. The van der Waals surface area contributed by atoms with Crippen LogP contribution in [-0.2, 0) is 6.54 Å². The molecule has 4 nitrogen and oxygen atoms in total. The van der Waals surface area contributed by atoms with Crippen molar-refractivity contribution in [1.82, 2.24) is 15.1 Å². The molecule has 0 bridgehead atoms. The molecule has 25 heavy (non-hydrogen) atoms. The van der Waals surface area contributed by atoms with E-state index in [9.17, 15) is 17.6 Å². The Labute approximate surface area is 146 Å². The second-order valence-corrected chi connectivity index (χ2v) is 5.92. The zero-order valence-corrected chi connectivity index (χ0v) is 14.9. The van der Waals surface area contributed by atoms with Crippen LogP contribution in [0.4, 0.5) is 17.6 Å². The second kappa shape index (κ2) is 10.2. The third-order valence-electron chi connectivity index (χ3n) is 3.44. The van der Waals surface area contributed by atoms with Crippen LogP contribution in [0.1, 0.15) is 18.9 Å². The predicted molar refractivity (Wildman–Crippen MR) is 92.0 cm³/mol. The molecule has 1 aromatic rings. The Morgan fingerprint density at radius 1 is 1.16 bits per heavy atom. The van der Waals surface area contributed by atoms with Crippen molar-refractivity contribution >= 4 is 5.96 Å². The molecular weight excluding hydrogens is 336 g/mol. The number of hydrogen-bond acceptors (Lipinski definition) is 2. The Morgan fingerprint density at radius 3 is 2.36 bits per heavy atom. The first kappa shape index (κ1) is 21.2. The average molecular weight is 362 g/mol. The molecular formula is C17H26F4N4. The number of nitrogens with one attached hydrogen (secondary N) is 1. The summed E-state index contributed by atoms with van der Waals surface area (Å²) in [5.41, 5.74) is 0.944. The number of benzene rings is 1. The number of aliphatic imine (C=N–C) groups is 1. The monoisotopic (exact) mass is 362 g/mol. The quantitative estimate of drug-likeness (QED) is 0.334. The van der Waals surface area contributed by atoms with Gasteiger partial charge in [-0.05, 0) is 44.6 Å². The molecule has 1 aromatic carbocycles. The highest BCUT2D eigenvalue weighted by Gasteiger charge is 2.28. The largest absolute Gasteiger partial charge is 0.401 e. The summed E-state index contributed by atoms with van der Waals surface area (Å²) >= 11 is 0. The third kappa shape index (κ3) is 9.28. The first-order chi connectivity index (χ1) is 11.7. The molecule has 0 saturated carbocycles. The summed E-state index contributed by atoms with van der Waals surface area (Å²) in [5.74, 6) is 0.389. The number of halogens is 4. The van der Waals surface area contributed by atoms with Crippen molar-refractivity contribution in [2.45, 2.75) is 26.1 Å². The summed E-state index contributed by atoms with van der Waals surface area (Å²) in [6, 6.07) is 6.23. The van der Waals surface area contributed by atoms with Gasteiger partial charge in [0.1, 0.15) is 5.82 Å². The number of nitrogens with zero attached hydrogens (tertiary/aromatic N) is 3. The minimum atomic E-state index is -4.18. The van der Waals surface area contributed by atoms with Gasteiger partial charge in [0.25, 0.3) is 0 Å². The molecule has 0 aliphatic rings. The van der Waals surface area contributed by atoms with Crippen LogP contribution in [0.3, 0.4) is 0 Å². The zero-order valence-electron chi connectivity index (χ0n) is 14.9. The van der Waals surface area contributed by atoms with Crippen LogP contribution < -0.4 is 5.32 Å². The first-order valence-corrected chi connectivity index (χ1v) is 8.20. The van der Waals surface area contributed by atoms with Gasteiger partial charge < -0.3 is 10.2 Å². The highest BCUT2D eigenvalue weighted by Crippen LogP contribution is 2.15. The van der Waals surface area contributed by atoms with E-state index in [2.05, 4.69) is 10.3 Å². The van der Waals surface area contributed by atoms with Crippen LogP contribution >= 0.6 is 0 Å². The number of rotatable bonds is 8. The first-order valence-electron chi connectivity index (χ1n) is 8.20. The molecule has 0 spiro atoms. The molecule has 0 heterocycles. The topological polar surface area (TPSA) is 30.9 Å². The van der Waals surface area contributed by atoms with Crippen molar-refractivity contribution in [2.75, 3.05) is 40.3 Å². The summed E-state index contributed by atoms with van der Waals surface area (Å²) < 4.78 is 49.8. The minimum Gasteiger partial charge on any atom is -0.357 e. The lowest BCUT2D eigenvalue weighted by atomic mass is 10.2. The van der Waals surface area contributed by atoms with Crippen LogP contribution in [0.15, 0.2) is 29.3 Å². The Bertz CT molecular complexity index is 528. The molecule has 142 valence electrons. The molecule has 0 unspecified atom stereocenters. The van der Waals surface area contributed by atoms with Crippen molar-refractivity contribution in [3.05, 3.63) is 35.6 Å². The van der Waals surface area contributed by atoms with E-state index in [4.69, 9.17) is 0 Å². The van der Waals surface area contributed by atoms with Crippen LogP contribution in [0.2, 0.25) is 0 Å². The Balaban J connectivity index is 2.50.